The zero-order valence-corrected chi connectivity index (χ0v) is 17.4. The molecule has 2 rings (SSSR count). The van der Waals surface area contributed by atoms with Crippen LogP contribution in [0, 0.1) is 29.1 Å². The molecule has 0 fully saturated rings. The Labute approximate surface area is 171 Å². The highest BCUT2D eigenvalue weighted by Crippen LogP contribution is 2.53. The van der Waals surface area contributed by atoms with E-state index in [1.54, 1.807) is 6.07 Å². The Hall–Kier alpha value is -2.43. The van der Waals surface area contributed by atoms with Gasteiger partial charge in [0.25, 0.3) is 0 Å². The van der Waals surface area contributed by atoms with E-state index in [4.69, 9.17) is 13.8 Å². The molecular formula is C17H14F5NO5PSi. The summed E-state index contributed by atoms with van der Waals surface area (Å²) in [6, 6.07) is 5.61. The van der Waals surface area contributed by atoms with Crippen molar-refractivity contribution in [2.75, 3.05) is 6.61 Å². The van der Waals surface area contributed by atoms with E-state index in [1.807, 2.05) is 0 Å². The molecule has 2 aromatic rings. The Morgan fingerprint density at radius 2 is 1.50 bits per heavy atom. The second kappa shape index (κ2) is 9.58. The lowest BCUT2D eigenvalue weighted by atomic mass is 10.3. The van der Waals surface area contributed by atoms with Crippen LogP contribution in [0.25, 0.3) is 0 Å². The summed E-state index contributed by atoms with van der Waals surface area (Å²) in [5.41, 5.74) is 0. The summed E-state index contributed by atoms with van der Waals surface area (Å²) in [7, 11) is -2.16. The zero-order chi connectivity index (χ0) is 22.6. The molecule has 0 bridgehead atoms. The number of nitrogens with zero attached hydrogens (tertiary/aromatic N) is 1. The summed E-state index contributed by atoms with van der Waals surface area (Å²) >= 11 is 0. The molecule has 0 aliphatic carbocycles. The number of ether oxygens (including phenoxy) is 1. The number of hydrogen-bond donors (Lipinski definition) is 0. The maximum absolute atomic E-state index is 14.1. The number of carbonyl (C=O) groups is 1. The van der Waals surface area contributed by atoms with E-state index in [0.29, 0.717) is 4.34 Å². The Morgan fingerprint density at radius 3 is 2.00 bits per heavy atom. The summed E-state index contributed by atoms with van der Waals surface area (Å²) in [6.07, 6.45) is 0. The van der Waals surface area contributed by atoms with Gasteiger partial charge in [-0.05, 0) is 26.0 Å². The van der Waals surface area contributed by atoms with Crippen LogP contribution in [0.4, 0.5) is 22.0 Å². The van der Waals surface area contributed by atoms with Crippen LogP contribution in [0.2, 0.25) is 0 Å². The van der Waals surface area contributed by atoms with Crippen LogP contribution in [0.3, 0.4) is 0 Å². The van der Waals surface area contributed by atoms with Crippen LogP contribution in [0.15, 0.2) is 30.3 Å². The van der Waals surface area contributed by atoms with Gasteiger partial charge in [-0.1, -0.05) is 18.2 Å². The zero-order valence-electron chi connectivity index (χ0n) is 15.5. The van der Waals surface area contributed by atoms with Crippen LogP contribution >= 0.6 is 7.75 Å². The average molecular weight is 466 g/mol. The molecule has 2 atom stereocenters. The molecule has 0 aliphatic rings. The van der Waals surface area contributed by atoms with Gasteiger partial charge in [0.05, 0.1) is 6.61 Å². The first kappa shape index (κ1) is 23.8. The molecule has 0 aromatic heterocycles. The summed E-state index contributed by atoms with van der Waals surface area (Å²) in [5, 5.41) is 0. The summed E-state index contributed by atoms with van der Waals surface area (Å²) in [4.78, 5) is 12.0. The van der Waals surface area contributed by atoms with Gasteiger partial charge in [0.2, 0.25) is 34.8 Å². The maximum atomic E-state index is 14.1. The van der Waals surface area contributed by atoms with E-state index in [0.717, 1.165) is 0 Å². The third-order valence-corrected chi connectivity index (χ3v) is 6.45. The number of para-hydroxylation sites is 1. The fourth-order valence-electron chi connectivity index (χ4n) is 2.08. The van der Waals surface area contributed by atoms with Crippen molar-refractivity contribution in [1.82, 2.24) is 4.34 Å². The third-order valence-electron chi connectivity index (χ3n) is 3.60. The molecule has 0 saturated carbocycles. The maximum Gasteiger partial charge on any atom is 0.509 e. The van der Waals surface area contributed by atoms with Crippen LogP contribution < -0.4 is 9.05 Å². The van der Waals surface area contributed by atoms with Gasteiger partial charge in [-0.3, -0.25) is 4.79 Å². The van der Waals surface area contributed by atoms with Gasteiger partial charge < -0.3 is 13.8 Å². The van der Waals surface area contributed by atoms with E-state index < -0.39 is 54.6 Å². The molecule has 6 nitrogen and oxygen atoms in total. The van der Waals surface area contributed by atoms with Crippen molar-refractivity contribution in [3.63, 3.8) is 0 Å². The number of esters is 1. The first-order chi connectivity index (χ1) is 14.0. The van der Waals surface area contributed by atoms with E-state index in [2.05, 4.69) is 10.4 Å². The fraction of sp³-hybridized carbons (Fsp3) is 0.235. The summed E-state index contributed by atoms with van der Waals surface area (Å²) in [5.74, 6) is -14.7. The predicted molar refractivity (Wildman–Crippen MR) is 95.2 cm³/mol. The second-order valence-corrected chi connectivity index (χ2v) is 8.23. The van der Waals surface area contributed by atoms with Crippen molar-refractivity contribution in [3.05, 3.63) is 59.4 Å². The van der Waals surface area contributed by atoms with Gasteiger partial charge in [0.1, 0.15) is 11.8 Å². The number of hydrogen-bond acceptors (Lipinski definition) is 5. The fourth-order valence-corrected chi connectivity index (χ4v) is 3.94. The normalized spacial score (nSPS) is 14.2. The lowest BCUT2D eigenvalue weighted by Gasteiger charge is -2.30. The molecule has 0 aliphatic heterocycles. The van der Waals surface area contributed by atoms with Gasteiger partial charge >= 0.3 is 13.7 Å². The minimum Gasteiger partial charge on any atom is -0.465 e. The lowest BCUT2D eigenvalue weighted by molar-refractivity contribution is -0.146. The quantitative estimate of drug-likeness (QED) is 0.145. The summed E-state index contributed by atoms with van der Waals surface area (Å²) < 4.78 is 96.9. The standard InChI is InChI=1S/C17H14F5NO5PSi/c1-3-26-17(24)9(2)23(30)29(25,27-10-7-5-4-6-8-10)28-16-14(21)12(19)11(18)13(20)15(16)22/h4-9H,3H2,1-2H3/t9-,29?/m0/s1. The first-order valence-electron chi connectivity index (χ1n) is 8.26. The number of benzene rings is 2. The molecule has 1 unspecified atom stereocenters. The van der Waals surface area contributed by atoms with Crippen LogP contribution in [-0.2, 0) is 14.1 Å². The highest BCUT2D eigenvalue weighted by Gasteiger charge is 2.43. The van der Waals surface area contributed by atoms with E-state index >= 15 is 0 Å². The molecule has 2 aromatic carbocycles. The molecule has 0 amide bonds. The number of carbonyl (C=O) groups excluding carboxylic acids is 1. The highest BCUT2D eigenvalue weighted by molar-refractivity contribution is 7.53. The Balaban J connectivity index is 2.55. The van der Waals surface area contributed by atoms with E-state index in [1.165, 1.54) is 38.1 Å². The van der Waals surface area contributed by atoms with Gasteiger partial charge in [-0.15, -0.1) is 0 Å². The molecule has 0 N–H and O–H groups in total. The van der Waals surface area contributed by atoms with Crippen LogP contribution in [0.1, 0.15) is 13.8 Å². The van der Waals surface area contributed by atoms with Crippen molar-refractivity contribution in [2.45, 2.75) is 19.9 Å². The molecular weight excluding hydrogens is 452 g/mol. The van der Waals surface area contributed by atoms with E-state index in [-0.39, 0.29) is 12.4 Å². The third kappa shape index (κ3) is 4.82. The Kier molecular flexibility index (Phi) is 7.62. The number of rotatable bonds is 8. The molecule has 0 saturated heterocycles. The minimum atomic E-state index is -4.99. The lowest BCUT2D eigenvalue weighted by Crippen LogP contribution is -2.38. The van der Waals surface area contributed by atoms with Gasteiger partial charge in [-0.25, -0.2) is 22.1 Å². The van der Waals surface area contributed by atoms with Crippen molar-refractivity contribution in [1.29, 1.82) is 0 Å². The van der Waals surface area contributed by atoms with Gasteiger partial charge in [0.15, 0.2) is 10.4 Å². The largest absolute Gasteiger partial charge is 0.509 e. The first-order valence-corrected chi connectivity index (χ1v) is 10.2. The average Bonchev–Trinajstić information content (AvgIpc) is 2.73. The second-order valence-electron chi connectivity index (χ2n) is 5.64. The molecule has 30 heavy (non-hydrogen) atoms. The number of halogens is 5. The summed E-state index contributed by atoms with van der Waals surface area (Å²) in [6.45, 7) is 2.62. The SMILES string of the molecule is CCOC(=O)[C@H](C)N([Si])P(=O)(Oc1ccccc1)Oc1c(F)c(F)c(F)c(F)c1F. The Morgan fingerprint density at radius 1 is 1.00 bits per heavy atom. The van der Waals surface area contributed by atoms with Crippen LogP contribution in [-0.4, -0.2) is 33.4 Å². The van der Waals surface area contributed by atoms with Crippen molar-refractivity contribution in [3.8, 4) is 11.5 Å². The molecule has 0 spiro atoms. The molecule has 161 valence electrons. The Bertz CT molecular complexity index is 952. The van der Waals surface area contributed by atoms with Crippen molar-refractivity contribution in [2.24, 2.45) is 0 Å². The van der Waals surface area contributed by atoms with Gasteiger partial charge in [0, 0.05) is 0 Å². The van der Waals surface area contributed by atoms with Crippen LogP contribution in [0.5, 0.6) is 11.5 Å². The molecule has 13 heteroatoms. The highest BCUT2D eigenvalue weighted by atomic mass is 31.2. The van der Waals surface area contributed by atoms with E-state index in [9.17, 15) is 31.3 Å². The van der Waals surface area contributed by atoms with Crippen molar-refractivity contribution < 1.29 is 45.1 Å². The minimum absolute atomic E-state index is 0.0500. The molecule has 3 radical (unpaired) electrons. The van der Waals surface area contributed by atoms with Crippen molar-refractivity contribution >= 4 is 24.1 Å². The topological polar surface area (TPSA) is 65.1 Å². The predicted octanol–water partition coefficient (Wildman–Crippen LogP) is 4.29. The smallest absolute Gasteiger partial charge is 0.465 e. The molecule has 0 heterocycles. The monoisotopic (exact) mass is 466 g/mol. The van der Waals surface area contributed by atoms with Gasteiger partial charge in [-0.2, -0.15) is 8.78 Å².